The molecule has 0 aromatic heterocycles. The van der Waals surface area contributed by atoms with Crippen molar-refractivity contribution in [2.75, 3.05) is 23.7 Å². The zero-order valence-electron chi connectivity index (χ0n) is 10.5. The summed E-state index contributed by atoms with van der Waals surface area (Å²) in [6.07, 6.45) is 1.07. The van der Waals surface area contributed by atoms with E-state index in [4.69, 9.17) is 23.2 Å². The lowest BCUT2D eigenvalue weighted by molar-refractivity contribution is -0.118. The van der Waals surface area contributed by atoms with Crippen LogP contribution in [-0.2, 0) is 14.8 Å². The molecule has 0 atom stereocenters. The van der Waals surface area contributed by atoms with Crippen LogP contribution >= 0.6 is 23.2 Å². The van der Waals surface area contributed by atoms with Crippen molar-refractivity contribution < 1.29 is 13.2 Å². The number of sulfonamides is 1. The van der Waals surface area contributed by atoms with E-state index in [1.807, 2.05) is 0 Å². The van der Waals surface area contributed by atoms with E-state index < -0.39 is 10.0 Å². The Morgan fingerprint density at radius 3 is 2.53 bits per heavy atom. The van der Waals surface area contributed by atoms with Crippen LogP contribution in [-0.4, -0.2) is 33.7 Å². The number of amides is 1. The molecule has 0 heterocycles. The summed E-state index contributed by atoms with van der Waals surface area (Å²) in [5.41, 5.74) is 0.294. The Labute approximate surface area is 122 Å². The molecule has 1 aromatic carbocycles. The zero-order chi connectivity index (χ0) is 14.6. The number of halogens is 2. The number of carbonyl (C=O) groups excluding carboxylic acids is 1. The van der Waals surface area contributed by atoms with Crippen LogP contribution in [0.25, 0.3) is 0 Å². The number of hydrogen-bond acceptors (Lipinski definition) is 3. The fraction of sp³-hybridized carbons (Fsp3) is 0.364. The molecule has 0 saturated heterocycles. The highest BCUT2D eigenvalue weighted by atomic mass is 35.5. The van der Waals surface area contributed by atoms with E-state index in [0.717, 1.165) is 10.6 Å². The predicted octanol–water partition coefficient (Wildman–Crippen LogP) is 1.90. The van der Waals surface area contributed by atoms with Gasteiger partial charge in [0.05, 0.1) is 23.5 Å². The largest absolute Gasteiger partial charge is 0.355 e. The number of rotatable bonds is 5. The van der Waals surface area contributed by atoms with Gasteiger partial charge in [0, 0.05) is 18.5 Å². The number of benzene rings is 1. The minimum Gasteiger partial charge on any atom is -0.355 e. The van der Waals surface area contributed by atoms with E-state index in [0.29, 0.717) is 10.7 Å². The molecule has 0 fully saturated rings. The minimum atomic E-state index is -3.52. The van der Waals surface area contributed by atoms with Gasteiger partial charge in [-0.1, -0.05) is 23.2 Å². The van der Waals surface area contributed by atoms with E-state index >= 15 is 0 Å². The van der Waals surface area contributed by atoms with Gasteiger partial charge in [-0.15, -0.1) is 0 Å². The fourth-order valence-electron chi connectivity index (χ4n) is 1.48. The molecule has 1 aromatic rings. The third kappa shape index (κ3) is 4.89. The first-order chi connectivity index (χ1) is 8.71. The summed E-state index contributed by atoms with van der Waals surface area (Å²) >= 11 is 11.8. The first-order valence-corrected chi connectivity index (χ1v) is 7.99. The molecule has 1 N–H and O–H groups in total. The molecule has 5 nitrogen and oxygen atoms in total. The summed E-state index contributed by atoms with van der Waals surface area (Å²) in [7, 11) is -3.52. The van der Waals surface area contributed by atoms with Crippen molar-refractivity contribution in [3.8, 4) is 0 Å². The molecule has 0 aliphatic carbocycles. The van der Waals surface area contributed by atoms with Gasteiger partial charge in [-0.05, 0) is 18.2 Å². The van der Waals surface area contributed by atoms with E-state index in [-0.39, 0.29) is 24.0 Å². The van der Waals surface area contributed by atoms with Gasteiger partial charge in [-0.3, -0.25) is 9.10 Å². The molecule has 0 spiro atoms. The Kier molecular flexibility index (Phi) is 5.46. The van der Waals surface area contributed by atoms with E-state index in [9.17, 15) is 13.2 Å². The fourth-order valence-corrected chi connectivity index (χ4v) is 2.84. The number of nitrogens with zero attached hydrogens (tertiary/aromatic N) is 1. The maximum absolute atomic E-state index is 11.8. The van der Waals surface area contributed by atoms with Gasteiger partial charge in [-0.2, -0.15) is 0 Å². The van der Waals surface area contributed by atoms with E-state index in [1.165, 1.54) is 19.1 Å². The van der Waals surface area contributed by atoms with Crippen LogP contribution in [0.3, 0.4) is 0 Å². The summed E-state index contributed by atoms with van der Waals surface area (Å²) in [6, 6.07) is 4.57. The molecule has 8 heteroatoms. The number of anilines is 1. The average molecular weight is 325 g/mol. The van der Waals surface area contributed by atoms with Gasteiger partial charge in [0.25, 0.3) is 0 Å². The molecular weight excluding hydrogens is 311 g/mol. The summed E-state index contributed by atoms with van der Waals surface area (Å²) in [5.74, 6) is -0.231. The number of hydrogen-bond donors (Lipinski definition) is 1. The highest BCUT2D eigenvalue weighted by Gasteiger charge is 2.20. The predicted molar refractivity (Wildman–Crippen MR) is 77.3 cm³/mol. The lowest BCUT2D eigenvalue weighted by atomic mass is 10.3. The third-order valence-corrected chi connectivity index (χ3v) is 4.00. The van der Waals surface area contributed by atoms with Crippen LogP contribution in [0.4, 0.5) is 5.69 Å². The Morgan fingerprint density at radius 1 is 1.37 bits per heavy atom. The molecular formula is C11H14Cl2N2O3S. The van der Waals surface area contributed by atoms with Gasteiger partial charge in [0.2, 0.25) is 15.9 Å². The topological polar surface area (TPSA) is 66.5 Å². The monoisotopic (exact) mass is 324 g/mol. The minimum absolute atomic E-state index is 0.0818. The Hall–Kier alpha value is -0.980. The molecule has 1 amide bonds. The normalized spacial score (nSPS) is 11.2. The molecule has 0 aliphatic rings. The van der Waals surface area contributed by atoms with Crippen molar-refractivity contribution in [3.05, 3.63) is 28.2 Å². The summed E-state index contributed by atoms with van der Waals surface area (Å²) in [6.45, 7) is 1.63. The van der Waals surface area contributed by atoms with Crippen molar-refractivity contribution in [1.82, 2.24) is 5.32 Å². The second kappa shape index (κ2) is 6.45. The third-order valence-electron chi connectivity index (χ3n) is 2.27. The molecule has 0 radical (unpaired) electrons. The smallest absolute Gasteiger partial charge is 0.232 e. The van der Waals surface area contributed by atoms with Crippen molar-refractivity contribution in [3.63, 3.8) is 0 Å². The van der Waals surface area contributed by atoms with Crippen LogP contribution in [0.5, 0.6) is 0 Å². The quantitative estimate of drug-likeness (QED) is 0.899. The van der Waals surface area contributed by atoms with Crippen LogP contribution < -0.4 is 9.62 Å². The number of nitrogens with one attached hydrogen (secondary N) is 1. The van der Waals surface area contributed by atoms with Crippen LogP contribution in [0, 0.1) is 0 Å². The first kappa shape index (κ1) is 16.1. The summed E-state index contributed by atoms with van der Waals surface area (Å²) < 4.78 is 24.7. The SMILES string of the molecule is CC(=O)NCCN(c1cc(Cl)ccc1Cl)S(C)(=O)=O. The molecule has 0 aliphatic heterocycles. The highest BCUT2D eigenvalue weighted by Crippen LogP contribution is 2.30. The lowest BCUT2D eigenvalue weighted by Gasteiger charge is -2.23. The molecule has 0 saturated carbocycles. The zero-order valence-corrected chi connectivity index (χ0v) is 12.8. The molecule has 0 unspecified atom stereocenters. The van der Waals surface area contributed by atoms with Crippen molar-refractivity contribution >= 4 is 44.8 Å². The van der Waals surface area contributed by atoms with Crippen LogP contribution in [0.1, 0.15) is 6.92 Å². The van der Waals surface area contributed by atoms with Crippen molar-refractivity contribution in [2.45, 2.75) is 6.92 Å². The standard InChI is InChI=1S/C11H14Cl2N2O3S/c1-8(16)14-5-6-15(19(2,17)18)11-7-9(12)3-4-10(11)13/h3-4,7H,5-6H2,1-2H3,(H,14,16). The maximum atomic E-state index is 11.8. The highest BCUT2D eigenvalue weighted by molar-refractivity contribution is 7.92. The van der Waals surface area contributed by atoms with Crippen molar-refractivity contribution in [2.24, 2.45) is 0 Å². The Balaban J connectivity index is 3.04. The summed E-state index contributed by atoms with van der Waals surface area (Å²) in [4.78, 5) is 10.8. The second-order valence-electron chi connectivity index (χ2n) is 3.91. The second-order valence-corrected chi connectivity index (χ2v) is 6.66. The Bertz CT molecular complexity index is 575. The Morgan fingerprint density at radius 2 is 2.00 bits per heavy atom. The molecule has 1 rings (SSSR count). The maximum Gasteiger partial charge on any atom is 0.232 e. The first-order valence-electron chi connectivity index (χ1n) is 5.39. The number of carbonyl (C=O) groups is 1. The molecule has 19 heavy (non-hydrogen) atoms. The van der Waals surface area contributed by atoms with Gasteiger partial charge in [-0.25, -0.2) is 8.42 Å². The van der Waals surface area contributed by atoms with Crippen LogP contribution in [0.15, 0.2) is 18.2 Å². The molecule has 0 bridgehead atoms. The van der Waals surface area contributed by atoms with Crippen LogP contribution in [0.2, 0.25) is 10.0 Å². The van der Waals surface area contributed by atoms with Crippen molar-refractivity contribution in [1.29, 1.82) is 0 Å². The lowest BCUT2D eigenvalue weighted by Crippen LogP contribution is -2.37. The van der Waals surface area contributed by atoms with E-state index in [1.54, 1.807) is 6.07 Å². The average Bonchev–Trinajstić information content (AvgIpc) is 2.26. The van der Waals surface area contributed by atoms with E-state index in [2.05, 4.69) is 5.32 Å². The van der Waals surface area contributed by atoms with Gasteiger partial charge in [0.15, 0.2) is 0 Å². The van der Waals surface area contributed by atoms with Gasteiger partial charge >= 0.3 is 0 Å². The summed E-state index contributed by atoms with van der Waals surface area (Å²) in [5, 5.41) is 3.19. The van der Waals surface area contributed by atoms with Gasteiger partial charge in [0.1, 0.15) is 0 Å². The molecule has 106 valence electrons. The van der Waals surface area contributed by atoms with Gasteiger partial charge < -0.3 is 5.32 Å².